The molecule has 18 heavy (non-hydrogen) atoms. The fourth-order valence-electron chi connectivity index (χ4n) is 1.54. The Morgan fingerprint density at radius 2 is 1.56 bits per heavy atom. The Morgan fingerprint density at radius 3 is 2.17 bits per heavy atom. The molecule has 2 rings (SSSR count). The molecule has 0 unspecified atom stereocenters. The number of hydrogen-bond acceptors (Lipinski definition) is 2. The van der Waals surface area contributed by atoms with E-state index in [4.69, 9.17) is 5.73 Å². The van der Waals surface area contributed by atoms with Gasteiger partial charge in [0.2, 0.25) is 0 Å². The van der Waals surface area contributed by atoms with Crippen molar-refractivity contribution in [1.82, 2.24) is 0 Å². The van der Waals surface area contributed by atoms with Crippen LogP contribution in [0, 0.1) is 0 Å². The number of aromatic hydroxyl groups is 1. The molecule has 0 aliphatic heterocycles. The lowest BCUT2D eigenvalue weighted by molar-refractivity contribution is 0.468. The molecule has 0 aliphatic rings. The minimum absolute atomic E-state index is 0.205. The summed E-state index contributed by atoms with van der Waals surface area (Å²) in [5.41, 5.74) is 8.47. The monoisotopic (exact) mass is 367 g/mol. The first-order valence-corrected chi connectivity index (χ1v) is 6.86. The molecule has 0 aromatic heterocycles. The van der Waals surface area contributed by atoms with Crippen LogP contribution in [-0.2, 0) is 0 Å². The fraction of sp³-hybridized carbons (Fsp3) is 0. The van der Waals surface area contributed by atoms with Crippen molar-refractivity contribution in [2.24, 2.45) is 0 Å². The number of rotatable bonds is 2. The first kappa shape index (κ1) is 13.2. The molecule has 0 saturated carbocycles. The van der Waals surface area contributed by atoms with Crippen molar-refractivity contribution >= 4 is 49.7 Å². The van der Waals surface area contributed by atoms with Gasteiger partial charge in [-0.15, -0.1) is 0 Å². The molecule has 0 amide bonds. The van der Waals surface area contributed by atoms with Gasteiger partial charge in [0, 0.05) is 5.69 Å². The number of halogens is 2. The van der Waals surface area contributed by atoms with Gasteiger partial charge in [-0.05, 0) is 67.3 Å². The minimum Gasteiger partial charge on any atom is -0.506 e. The third-order valence-electron chi connectivity index (χ3n) is 2.42. The maximum Gasteiger partial charge on any atom is 0.143 e. The summed E-state index contributed by atoms with van der Waals surface area (Å²) in [5, 5.41) is 9.62. The number of nitrogen functional groups attached to an aromatic ring is 1. The van der Waals surface area contributed by atoms with E-state index in [1.807, 2.05) is 48.6 Å². The van der Waals surface area contributed by atoms with Crippen LogP contribution in [0.1, 0.15) is 11.1 Å². The number of phenolic OH excluding ortho intramolecular Hbond substituents is 1. The Morgan fingerprint density at radius 1 is 0.944 bits per heavy atom. The number of nitrogens with two attached hydrogens (primary N) is 1. The van der Waals surface area contributed by atoms with E-state index in [2.05, 4.69) is 31.9 Å². The second kappa shape index (κ2) is 5.59. The summed E-state index contributed by atoms with van der Waals surface area (Å²) in [6, 6.07) is 11.4. The van der Waals surface area contributed by atoms with Crippen molar-refractivity contribution in [1.29, 1.82) is 0 Å². The number of phenols is 1. The molecule has 0 aliphatic carbocycles. The number of benzene rings is 2. The molecule has 0 bridgehead atoms. The Hall–Kier alpha value is -1.26. The van der Waals surface area contributed by atoms with Crippen LogP contribution >= 0.6 is 31.9 Å². The molecule has 2 nitrogen and oxygen atoms in total. The molecular formula is C14H11Br2NO. The van der Waals surface area contributed by atoms with Gasteiger partial charge in [-0.1, -0.05) is 24.3 Å². The van der Waals surface area contributed by atoms with Crippen LogP contribution in [0.2, 0.25) is 0 Å². The van der Waals surface area contributed by atoms with E-state index in [0.29, 0.717) is 8.95 Å². The van der Waals surface area contributed by atoms with Crippen molar-refractivity contribution in [3.05, 3.63) is 56.5 Å². The van der Waals surface area contributed by atoms with Crippen molar-refractivity contribution in [3.8, 4) is 5.75 Å². The highest BCUT2D eigenvalue weighted by Crippen LogP contribution is 2.33. The predicted molar refractivity (Wildman–Crippen MR) is 83.3 cm³/mol. The Balaban J connectivity index is 2.29. The summed E-state index contributed by atoms with van der Waals surface area (Å²) in [5.74, 6) is 0.205. The zero-order valence-corrected chi connectivity index (χ0v) is 12.6. The van der Waals surface area contributed by atoms with E-state index in [-0.39, 0.29) is 5.75 Å². The van der Waals surface area contributed by atoms with Gasteiger partial charge in [0.25, 0.3) is 0 Å². The highest BCUT2D eigenvalue weighted by atomic mass is 79.9. The van der Waals surface area contributed by atoms with E-state index >= 15 is 0 Å². The first-order valence-electron chi connectivity index (χ1n) is 5.28. The van der Waals surface area contributed by atoms with Gasteiger partial charge < -0.3 is 10.8 Å². The molecule has 0 fully saturated rings. The van der Waals surface area contributed by atoms with Gasteiger partial charge in [-0.3, -0.25) is 0 Å². The Kier molecular flexibility index (Phi) is 4.09. The second-order valence-corrected chi connectivity index (χ2v) is 5.55. The summed E-state index contributed by atoms with van der Waals surface area (Å²) in [7, 11) is 0. The minimum atomic E-state index is 0.205. The zero-order valence-electron chi connectivity index (χ0n) is 9.40. The molecule has 0 spiro atoms. The topological polar surface area (TPSA) is 46.2 Å². The first-order chi connectivity index (χ1) is 8.56. The van der Waals surface area contributed by atoms with Gasteiger partial charge in [-0.25, -0.2) is 0 Å². The third-order valence-corrected chi connectivity index (χ3v) is 3.63. The standard InChI is InChI=1S/C14H11Br2NO/c15-12-7-10(8-13(16)14(12)18)5-4-9-2-1-3-11(17)6-9/h1-8,18H,17H2/b5-4+. The molecule has 0 atom stereocenters. The summed E-state index contributed by atoms with van der Waals surface area (Å²) in [6.07, 6.45) is 3.94. The van der Waals surface area contributed by atoms with Crippen LogP contribution in [0.15, 0.2) is 45.3 Å². The Bertz CT molecular complexity index is 585. The second-order valence-electron chi connectivity index (χ2n) is 3.84. The smallest absolute Gasteiger partial charge is 0.143 e. The van der Waals surface area contributed by atoms with Gasteiger partial charge in [-0.2, -0.15) is 0 Å². The molecular weight excluding hydrogens is 358 g/mol. The van der Waals surface area contributed by atoms with E-state index in [9.17, 15) is 5.11 Å². The van der Waals surface area contributed by atoms with Gasteiger partial charge in [0.1, 0.15) is 5.75 Å². The molecule has 4 heteroatoms. The lowest BCUT2D eigenvalue weighted by Crippen LogP contribution is -1.83. The largest absolute Gasteiger partial charge is 0.506 e. The van der Waals surface area contributed by atoms with Crippen LogP contribution in [-0.4, -0.2) is 5.11 Å². The van der Waals surface area contributed by atoms with Gasteiger partial charge >= 0.3 is 0 Å². The van der Waals surface area contributed by atoms with Crippen molar-refractivity contribution < 1.29 is 5.11 Å². The van der Waals surface area contributed by atoms with Crippen LogP contribution < -0.4 is 5.73 Å². The quantitative estimate of drug-likeness (QED) is 0.597. The van der Waals surface area contributed by atoms with Crippen LogP contribution in [0.25, 0.3) is 12.2 Å². The van der Waals surface area contributed by atoms with Crippen molar-refractivity contribution in [3.63, 3.8) is 0 Å². The average molecular weight is 369 g/mol. The zero-order chi connectivity index (χ0) is 13.1. The van der Waals surface area contributed by atoms with Crippen molar-refractivity contribution in [2.75, 3.05) is 5.73 Å². The normalized spacial score (nSPS) is 11.0. The summed E-state index contributed by atoms with van der Waals surface area (Å²) in [4.78, 5) is 0. The SMILES string of the molecule is Nc1cccc(/C=C/c2cc(Br)c(O)c(Br)c2)c1. The number of hydrogen-bond donors (Lipinski definition) is 2. The van der Waals surface area contributed by atoms with Crippen LogP contribution in [0.5, 0.6) is 5.75 Å². The van der Waals surface area contributed by atoms with E-state index in [0.717, 1.165) is 16.8 Å². The lowest BCUT2D eigenvalue weighted by Gasteiger charge is -2.02. The number of anilines is 1. The summed E-state index contributed by atoms with van der Waals surface area (Å²) in [6.45, 7) is 0. The van der Waals surface area contributed by atoms with E-state index in [1.165, 1.54) is 0 Å². The van der Waals surface area contributed by atoms with Gasteiger partial charge in [0.15, 0.2) is 0 Å². The summed E-state index contributed by atoms with van der Waals surface area (Å²) < 4.78 is 1.31. The molecule has 0 saturated heterocycles. The molecule has 0 radical (unpaired) electrons. The van der Waals surface area contributed by atoms with Crippen molar-refractivity contribution in [2.45, 2.75) is 0 Å². The highest BCUT2D eigenvalue weighted by molar-refractivity contribution is 9.11. The van der Waals surface area contributed by atoms with Crippen LogP contribution in [0.4, 0.5) is 5.69 Å². The molecule has 2 aromatic carbocycles. The van der Waals surface area contributed by atoms with Crippen LogP contribution in [0.3, 0.4) is 0 Å². The summed E-state index contributed by atoms with van der Waals surface area (Å²) >= 11 is 6.60. The maximum atomic E-state index is 9.62. The third kappa shape index (κ3) is 3.15. The molecule has 0 heterocycles. The average Bonchev–Trinajstić information content (AvgIpc) is 2.33. The fourth-order valence-corrected chi connectivity index (χ4v) is 2.76. The lowest BCUT2D eigenvalue weighted by atomic mass is 10.1. The van der Waals surface area contributed by atoms with Gasteiger partial charge in [0.05, 0.1) is 8.95 Å². The highest BCUT2D eigenvalue weighted by Gasteiger charge is 2.03. The van der Waals surface area contributed by atoms with E-state index < -0.39 is 0 Å². The Labute approximate surface area is 122 Å². The predicted octanol–water partition coefficient (Wildman–Crippen LogP) is 4.67. The molecule has 3 N–H and O–H groups in total. The molecule has 2 aromatic rings. The van der Waals surface area contributed by atoms with E-state index in [1.54, 1.807) is 0 Å². The molecule has 92 valence electrons. The maximum absolute atomic E-state index is 9.62.